The first-order chi connectivity index (χ1) is 9.22. The Morgan fingerprint density at radius 1 is 1.47 bits per heavy atom. The summed E-state index contributed by atoms with van der Waals surface area (Å²) in [5.74, 6) is 6.44. The van der Waals surface area contributed by atoms with Crippen molar-refractivity contribution in [2.24, 2.45) is 11.8 Å². The Morgan fingerprint density at radius 3 is 2.89 bits per heavy atom. The molecule has 1 aliphatic carbocycles. The molecule has 2 heterocycles. The number of nitrogens with two attached hydrogens (primary N) is 1. The lowest BCUT2D eigenvalue weighted by Crippen LogP contribution is -2.43. The lowest BCUT2D eigenvalue weighted by molar-refractivity contribution is -0.0982. The molecule has 3 rings (SSSR count). The van der Waals surface area contributed by atoms with Crippen LogP contribution >= 0.6 is 33.9 Å². The highest BCUT2D eigenvalue weighted by atomic mass is 127. The highest BCUT2D eigenvalue weighted by Crippen LogP contribution is 2.45. The standard InChI is InChI=1S/C14H21IN2OS/c15-12-7-11(9-19-12)13(17-16)10-3-6-18-14(8-10)4-1-2-5-14/h7,9-10,13,17H,1-6,8,16H2. The van der Waals surface area contributed by atoms with Crippen LogP contribution in [0.1, 0.15) is 50.1 Å². The number of thiophene rings is 1. The molecule has 3 nitrogen and oxygen atoms in total. The van der Waals surface area contributed by atoms with Crippen LogP contribution in [-0.2, 0) is 4.74 Å². The van der Waals surface area contributed by atoms with Crippen LogP contribution in [0.3, 0.4) is 0 Å². The van der Waals surface area contributed by atoms with Gasteiger partial charge in [0, 0.05) is 12.6 Å². The fraction of sp³-hybridized carbons (Fsp3) is 0.714. The lowest BCUT2D eigenvalue weighted by atomic mass is 9.79. The summed E-state index contributed by atoms with van der Waals surface area (Å²) in [6.45, 7) is 0.893. The van der Waals surface area contributed by atoms with Gasteiger partial charge in [0.05, 0.1) is 8.48 Å². The van der Waals surface area contributed by atoms with Crippen molar-refractivity contribution in [2.45, 2.75) is 50.2 Å². The van der Waals surface area contributed by atoms with Gasteiger partial charge in [-0.1, -0.05) is 12.8 Å². The molecule has 1 saturated carbocycles. The van der Waals surface area contributed by atoms with Crippen molar-refractivity contribution in [3.63, 3.8) is 0 Å². The Hall–Kier alpha value is 0.310. The first-order valence-electron chi connectivity index (χ1n) is 7.06. The van der Waals surface area contributed by atoms with Crippen molar-refractivity contribution in [3.05, 3.63) is 19.9 Å². The van der Waals surface area contributed by atoms with Crippen molar-refractivity contribution in [3.8, 4) is 0 Å². The topological polar surface area (TPSA) is 47.3 Å². The number of hydrogen-bond donors (Lipinski definition) is 2. The zero-order chi connectivity index (χ0) is 13.3. The van der Waals surface area contributed by atoms with Gasteiger partial charge in [0.1, 0.15) is 0 Å². The average Bonchev–Trinajstić information content (AvgIpc) is 3.01. The van der Waals surface area contributed by atoms with Gasteiger partial charge in [0.15, 0.2) is 0 Å². The first kappa shape index (κ1) is 14.3. The number of ether oxygens (including phenoxy) is 1. The summed E-state index contributed by atoms with van der Waals surface area (Å²) in [5, 5.41) is 2.24. The molecule has 0 aromatic carbocycles. The molecule has 3 N–H and O–H groups in total. The number of hydrazine groups is 1. The zero-order valence-corrected chi connectivity index (χ0v) is 14.0. The Balaban J connectivity index is 1.76. The minimum absolute atomic E-state index is 0.168. The summed E-state index contributed by atoms with van der Waals surface area (Å²) >= 11 is 4.17. The zero-order valence-electron chi connectivity index (χ0n) is 11.0. The van der Waals surface area contributed by atoms with Crippen molar-refractivity contribution in [2.75, 3.05) is 6.61 Å². The van der Waals surface area contributed by atoms with E-state index in [0.29, 0.717) is 5.92 Å². The van der Waals surface area contributed by atoms with Crippen molar-refractivity contribution >= 4 is 33.9 Å². The smallest absolute Gasteiger partial charge is 0.0686 e. The molecule has 1 aromatic rings. The van der Waals surface area contributed by atoms with Crippen LogP contribution in [-0.4, -0.2) is 12.2 Å². The normalized spacial score (nSPS) is 27.8. The van der Waals surface area contributed by atoms with Crippen LogP contribution in [0.5, 0.6) is 0 Å². The van der Waals surface area contributed by atoms with Crippen LogP contribution in [0.25, 0.3) is 0 Å². The molecule has 2 fully saturated rings. The third-order valence-corrected chi connectivity index (χ3v) is 6.45. The van der Waals surface area contributed by atoms with Gasteiger partial charge < -0.3 is 4.74 Å². The van der Waals surface area contributed by atoms with Crippen LogP contribution in [0, 0.1) is 8.80 Å². The molecule has 1 saturated heterocycles. The number of hydrogen-bond acceptors (Lipinski definition) is 4. The Kier molecular flexibility index (Phi) is 4.48. The molecule has 0 bridgehead atoms. The Morgan fingerprint density at radius 2 is 2.26 bits per heavy atom. The van der Waals surface area contributed by atoms with Crippen LogP contribution in [0.15, 0.2) is 11.4 Å². The van der Waals surface area contributed by atoms with Crippen molar-refractivity contribution in [1.29, 1.82) is 0 Å². The second-order valence-electron chi connectivity index (χ2n) is 5.82. The maximum Gasteiger partial charge on any atom is 0.0686 e. The number of nitrogens with one attached hydrogen (secondary N) is 1. The first-order valence-corrected chi connectivity index (χ1v) is 9.02. The van der Waals surface area contributed by atoms with Gasteiger partial charge in [-0.2, -0.15) is 0 Å². The fourth-order valence-electron chi connectivity index (χ4n) is 3.71. The highest BCUT2D eigenvalue weighted by molar-refractivity contribution is 14.1. The molecule has 1 spiro atoms. The number of rotatable bonds is 3. The summed E-state index contributed by atoms with van der Waals surface area (Å²) in [6, 6.07) is 2.54. The maximum atomic E-state index is 6.12. The van der Waals surface area contributed by atoms with Crippen LogP contribution in [0.4, 0.5) is 0 Å². The van der Waals surface area contributed by atoms with Gasteiger partial charge in [-0.05, 0) is 71.2 Å². The SMILES string of the molecule is NNC(c1csc(I)c1)C1CCOC2(CCCC2)C1. The van der Waals surface area contributed by atoms with Crippen LogP contribution < -0.4 is 11.3 Å². The molecule has 19 heavy (non-hydrogen) atoms. The van der Waals surface area contributed by atoms with Crippen molar-refractivity contribution in [1.82, 2.24) is 5.43 Å². The summed E-state index contributed by atoms with van der Waals surface area (Å²) in [4.78, 5) is 0. The molecular weight excluding hydrogens is 371 g/mol. The molecule has 0 amide bonds. The van der Waals surface area contributed by atoms with E-state index in [-0.39, 0.29) is 11.6 Å². The van der Waals surface area contributed by atoms with E-state index < -0.39 is 0 Å². The van der Waals surface area contributed by atoms with E-state index in [9.17, 15) is 0 Å². The van der Waals surface area contributed by atoms with E-state index in [4.69, 9.17) is 10.6 Å². The van der Waals surface area contributed by atoms with E-state index >= 15 is 0 Å². The summed E-state index contributed by atoms with van der Waals surface area (Å²) < 4.78 is 7.45. The second kappa shape index (κ2) is 5.97. The van der Waals surface area contributed by atoms with Gasteiger partial charge >= 0.3 is 0 Å². The molecule has 2 atom stereocenters. The van der Waals surface area contributed by atoms with E-state index in [1.165, 1.54) is 34.1 Å². The minimum atomic E-state index is 0.168. The molecule has 106 valence electrons. The average molecular weight is 392 g/mol. The molecule has 5 heteroatoms. The Labute approximate surface area is 132 Å². The van der Waals surface area contributed by atoms with E-state index in [2.05, 4.69) is 39.5 Å². The highest BCUT2D eigenvalue weighted by Gasteiger charge is 2.42. The van der Waals surface area contributed by atoms with Gasteiger partial charge in [-0.3, -0.25) is 11.3 Å². The minimum Gasteiger partial charge on any atom is -0.375 e. The van der Waals surface area contributed by atoms with Gasteiger partial charge in [0.2, 0.25) is 0 Å². The lowest BCUT2D eigenvalue weighted by Gasteiger charge is -2.41. The molecule has 2 aliphatic rings. The Bertz CT molecular complexity index is 431. The summed E-state index contributed by atoms with van der Waals surface area (Å²) in [5.41, 5.74) is 4.57. The third-order valence-electron chi connectivity index (χ3n) is 4.64. The largest absolute Gasteiger partial charge is 0.375 e. The maximum absolute atomic E-state index is 6.12. The predicted molar refractivity (Wildman–Crippen MR) is 87.0 cm³/mol. The quantitative estimate of drug-likeness (QED) is 0.470. The molecule has 1 aliphatic heterocycles. The predicted octanol–water partition coefficient (Wildman–Crippen LogP) is 3.60. The number of halogens is 1. The fourth-order valence-corrected chi connectivity index (χ4v) is 5.12. The summed E-state index contributed by atoms with van der Waals surface area (Å²) in [6.07, 6.45) is 7.40. The second-order valence-corrected chi connectivity index (χ2v) is 8.63. The van der Waals surface area contributed by atoms with E-state index in [1.54, 1.807) is 11.3 Å². The molecule has 1 aromatic heterocycles. The molecule has 2 unspecified atom stereocenters. The van der Waals surface area contributed by atoms with Crippen LogP contribution in [0.2, 0.25) is 0 Å². The monoisotopic (exact) mass is 392 g/mol. The van der Waals surface area contributed by atoms with Gasteiger partial charge in [-0.15, -0.1) is 11.3 Å². The molecular formula is C14H21IN2OS. The summed E-state index contributed by atoms with van der Waals surface area (Å²) in [7, 11) is 0. The van der Waals surface area contributed by atoms with Gasteiger partial charge in [0.25, 0.3) is 0 Å². The van der Waals surface area contributed by atoms with E-state index in [1.807, 2.05) is 0 Å². The van der Waals surface area contributed by atoms with E-state index in [0.717, 1.165) is 19.4 Å². The van der Waals surface area contributed by atoms with Gasteiger partial charge in [-0.25, -0.2) is 0 Å². The van der Waals surface area contributed by atoms with Crippen molar-refractivity contribution < 1.29 is 4.74 Å². The molecule has 0 radical (unpaired) electrons. The third kappa shape index (κ3) is 3.00.